The number of hydrogen-bond donors (Lipinski definition) is 0. The molecule has 0 radical (unpaired) electrons. The smallest absolute Gasteiger partial charge is 0.142 e. The van der Waals surface area contributed by atoms with E-state index in [0.29, 0.717) is 0 Å². The molecule has 2 nitrogen and oxygen atoms in total. The Morgan fingerprint density at radius 2 is 1.60 bits per heavy atom. The summed E-state index contributed by atoms with van der Waals surface area (Å²) in [5.41, 5.74) is 4.19. The van der Waals surface area contributed by atoms with Crippen LogP contribution in [0.25, 0.3) is 22.4 Å². The highest BCUT2D eigenvalue weighted by molar-refractivity contribution is 7.98. The van der Waals surface area contributed by atoms with E-state index in [-0.39, 0.29) is 0 Å². The Morgan fingerprint density at radius 1 is 0.900 bits per heavy atom. The second kappa shape index (κ2) is 5.55. The van der Waals surface area contributed by atoms with Gasteiger partial charge in [0, 0.05) is 10.5 Å². The number of rotatable bonds is 3. The monoisotopic (exact) mass is 281 g/mol. The van der Waals surface area contributed by atoms with E-state index in [1.54, 1.807) is 11.8 Å². The van der Waals surface area contributed by atoms with Crippen molar-refractivity contribution in [3.8, 4) is 22.4 Å². The normalized spacial score (nSPS) is 10.7. The lowest BCUT2D eigenvalue weighted by molar-refractivity contribution is 0.400. The van der Waals surface area contributed by atoms with Crippen molar-refractivity contribution in [2.45, 2.75) is 11.8 Å². The van der Waals surface area contributed by atoms with Gasteiger partial charge in [0.05, 0.1) is 5.56 Å². The average molecular weight is 281 g/mol. The van der Waals surface area contributed by atoms with Crippen molar-refractivity contribution >= 4 is 11.8 Å². The first-order chi connectivity index (χ1) is 9.79. The largest absolute Gasteiger partial charge is 0.360 e. The molecule has 0 N–H and O–H groups in total. The first-order valence-corrected chi connectivity index (χ1v) is 7.68. The second-order valence-electron chi connectivity index (χ2n) is 4.56. The Hall–Kier alpha value is -2.00. The summed E-state index contributed by atoms with van der Waals surface area (Å²) in [6, 6.07) is 18.6. The molecular formula is C17H15NOS. The lowest BCUT2D eigenvalue weighted by Gasteiger charge is -2.04. The van der Waals surface area contributed by atoms with Gasteiger partial charge in [0.1, 0.15) is 11.5 Å². The maximum Gasteiger partial charge on any atom is 0.142 e. The number of aromatic nitrogens is 1. The summed E-state index contributed by atoms with van der Waals surface area (Å²) in [6.07, 6.45) is 2.08. The van der Waals surface area contributed by atoms with Crippen LogP contribution >= 0.6 is 11.8 Å². The van der Waals surface area contributed by atoms with Gasteiger partial charge in [-0.2, -0.15) is 0 Å². The van der Waals surface area contributed by atoms with Gasteiger partial charge >= 0.3 is 0 Å². The number of benzene rings is 2. The molecule has 0 fully saturated rings. The van der Waals surface area contributed by atoms with Crippen LogP contribution < -0.4 is 0 Å². The van der Waals surface area contributed by atoms with E-state index >= 15 is 0 Å². The van der Waals surface area contributed by atoms with Crippen LogP contribution in [0.1, 0.15) is 5.76 Å². The summed E-state index contributed by atoms with van der Waals surface area (Å²) in [5, 5.41) is 4.22. The molecule has 3 aromatic rings. The van der Waals surface area contributed by atoms with E-state index < -0.39 is 0 Å². The fourth-order valence-electron chi connectivity index (χ4n) is 2.26. The molecular weight excluding hydrogens is 266 g/mol. The third-order valence-electron chi connectivity index (χ3n) is 3.29. The molecule has 0 aliphatic heterocycles. The summed E-state index contributed by atoms with van der Waals surface area (Å²) < 4.78 is 5.41. The van der Waals surface area contributed by atoms with E-state index in [4.69, 9.17) is 4.52 Å². The van der Waals surface area contributed by atoms with E-state index in [1.165, 1.54) is 4.90 Å². The molecule has 100 valence electrons. The predicted molar refractivity (Wildman–Crippen MR) is 83.9 cm³/mol. The van der Waals surface area contributed by atoms with Gasteiger partial charge in [-0.15, -0.1) is 11.8 Å². The Bertz CT molecular complexity index is 702. The molecule has 1 aromatic heterocycles. The molecule has 0 atom stereocenters. The zero-order valence-corrected chi connectivity index (χ0v) is 12.3. The average Bonchev–Trinajstić information content (AvgIpc) is 2.90. The van der Waals surface area contributed by atoms with Gasteiger partial charge in [-0.3, -0.25) is 0 Å². The Kier molecular flexibility index (Phi) is 3.61. The number of thioether (sulfide) groups is 1. The lowest BCUT2D eigenvalue weighted by Crippen LogP contribution is -1.84. The molecule has 0 aliphatic rings. The van der Waals surface area contributed by atoms with Crippen molar-refractivity contribution in [2.75, 3.05) is 6.26 Å². The number of aryl methyl sites for hydroxylation is 1. The Labute approximate surface area is 122 Å². The van der Waals surface area contributed by atoms with Gasteiger partial charge in [0.15, 0.2) is 0 Å². The standard InChI is InChI=1S/C17H15NOS/c1-12-16(13-8-10-15(20-2)11-9-13)17(18-19-12)14-6-4-3-5-7-14/h3-11H,1-2H3. The van der Waals surface area contributed by atoms with Gasteiger partial charge < -0.3 is 4.52 Å². The molecule has 0 saturated heterocycles. The number of nitrogens with zero attached hydrogens (tertiary/aromatic N) is 1. The van der Waals surface area contributed by atoms with Gasteiger partial charge in [-0.25, -0.2) is 0 Å². The topological polar surface area (TPSA) is 26.0 Å². The van der Waals surface area contributed by atoms with Gasteiger partial charge in [-0.1, -0.05) is 47.6 Å². The van der Waals surface area contributed by atoms with Gasteiger partial charge in [-0.05, 0) is 30.9 Å². The number of hydrogen-bond acceptors (Lipinski definition) is 3. The molecule has 0 unspecified atom stereocenters. The molecule has 3 rings (SSSR count). The quantitative estimate of drug-likeness (QED) is 0.629. The Morgan fingerprint density at radius 3 is 2.25 bits per heavy atom. The molecule has 1 heterocycles. The molecule has 0 spiro atoms. The van der Waals surface area contributed by atoms with Crippen LogP contribution in [0, 0.1) is 6.92 Å². The first kappa shape index (κ1) is 13.0. The minimum absolute atomic E-state index is 0.848. The third-order valence-corrected chi connectivity index (χ3v) is 4.03. The van der Waals surface area contributed by atoms with E-state index in [9.17, 15) is 0 Å². The summed E-state index contributed by atoms with van der Waals surface area (Å²) in [5.74, 6) is 0.848. The molecule has 0 bridgehead atoms. The molecule has 20 heavy (non-hydrogen) atoms. The van der Waals surface area contributed by atoms with Crippen LogP contribution in [0.2, 0.25) is 0 Å². The summed E-state index contributed by atoms with van der Waals surface area (Å²) >= 11 is 1.74. The van der Waals surface area contributed by atoms with Crippen molar-refractivity contribution < 1.29 is 4.52 Å². The van der Waals surface area contributed by atoms with Crippen molar-refractivity contribution in [3.63, 3.8) is 0 Å². The third kappa shape index (κ3) is 2.37. The van der Waals surface area contributed by atoms with Crippen LogP contribution in [-0.2, 0) is 0 Å². The molecule has 0 amide bonds. The summed E-state index contributed by atoms with van der Waals surface area (Å²) in [6.45, 7) is 1.96. The highest BCUT2D eigenvalue weighted by Crippen LogP contribution is 2.34. The summed E-state index contributed by atoms with van der Waals surface area (Å²) in [7, 11) is 0. The van der Waals surface area contributed by atoms with E-state index in [1.807, 2.05) is 25.1 Å². The lowest BCUT2D eigenvalue weighted by atomic mass is 10.00. The molecule has 2 aromatic carbocycles. The van der Waals surface area contributed by atoms with E-state index in [0.717, 1.165) is 28.1 Å². The van der Waals surface area contributed by atoms with Gasteiger partial charge in [0.2, 0.25) is 0 Å². The second-order valence-corrected chi connectivity index (χ2v) is 5.44. The van der Waals surface area contributed by atoms with Crippen molar-refractivity contribution in [2.24, 2.45) is 0 Å². The maximum atomic E-state index is 5.41. The summed E-state index contributed by atoms with van der Waals surface area (Å²) in [4.78, 5) is 1.25. The fourth-order valence-corrected chi connectivity index (χ4v) is 2.67. The van der Waals surface area contributed by atoms with Crippen molar-refractivity contribution in [1.82, 2.24) is 5.16 Å². The fraction of sp³-hybridized carbons (Fsp3) is 0.118. The molecule has 3 heteroatoms. The zero-order chi connectivity index (χ0) is 13.9. The van der Waals surface area contributed by atoms with Gasteiger partial charge in [0.25, 0.3) is 0 Å². The highest BCUT2D eigenvalue weighted by atomic mass is 32.2. The van der Waals surface area contributed by atoms with Crippen LogP contribution in [0.15, 0.2) is 64.0 Å². The SMILES string of the molecule is CSc1ccc(-c2c(-c3ccccc3)noc2C)cc1. The van der Waals surface area contributed by atoms with E-state index in [2.05, 4.69) is 47.8 Å². The maximum absolute atomic E-state index is 5.41. The minimum Gasteiger partial charge on any atom is -0.360 e. The zero-order valence-electron chi connectivity index (χ0n) is 11.5. The highest BCUT2D eigenvalue weighted by Gasteiger charge is 2.16. The predicted octanol–water partition coefficient (Wildman–Crippen LogP) is 5.04. The van der Waals surface area contributed by atoms with Crippen LogP contribution in [0.4, 0.5) is 0 Å². The van der Waals surface area contributed by atoms with Crippen molar-refractivity contribution in [3.05, 3.63) is 60.4 Å². The van der Waals surface area contributed by atoms with Crippen LogP contribution in [-0.4, -0.2) is 11.4 Å². The Balaban J connectivity index is 2.11. The van der Waals surface area contributed by atoms with Crippen molar-refractivity contribution in [1.29, 1.82) is 0 Å². The van der Waals surface area contributed by atoms with Crippen LogP contribution in [0.5, 0.6) is 0 Å². The first-order valence-electron chi connectivity index (χ1n) is 6.45. The molecule has 0 aliphatic carbocycles. The molecule has 0 saturated carbocycles. The van der Waals surface area contributed by atoms with Crippen LogP contribution in [0.3, 0.4) is 0 Å². The minimum atomic E-state index is 0.848.